The minimum atomic E-state index is -4.36. The number of hydrogen-bond acceptors (Lipinski definition) is 4. The lowest BCUT2D eigenvalue weighted by Crippen LogP contribution is -2.50. The Morgan fingerprint density at radius 3 is 2.32 bits per heavy atom. The van der Waals surface area contributed by atoms with Crippen molar-refractivity contribution >= 4 is 15.9 Å². The first-order valence-electron chi connectivity index (χ1n) is 8.08. The average molecular weight is 373 g/mol. The van der Waals surface area contributed by atoms with Gasteiger partial charge in [-0.25, -0.2) is 17.6 Å². The Labute approximate surface area is 147 Å². The van der Waals surface area contributed by atoms with Crippen molar-refractivity contribution in [3.8, 4) is 0 Å². The highest BCUT2D eigenvalue weighted by molar-refractivity contribution is 7.92. The number of carboxylic acid groups (broad SMARTS) is 1. The molecule has 0 saturated carbocycles. The molecular weight excluding hydrogens is 349 g/mol. The smallest absolute Gasteiger partial charge is 0.407 e. The van der Waals surface area contributed by atoms with E-state index >= 15 is 0 Å². The monoisotopic (exact) mass is 373 g/mol. The van der Waals surface area contributed by atoms with Gasteiger partial charge in [0.2, 0.25) is 15.3 Å². The van der Waals surface area contributed by atoms with Crippen molar-refractivity contribution < 1.29 is 27.8 Å². The Morgan fingerprint density at radius 1 is 1.28 bits per heavy atom. The number of rotatable bonds is 4. The third-order valence-corrected chi connectivity index (χ3v) is 6.45. The fourth-order valence-electron chi connectivity index (χ4n) is 3.62. The van der Waals surface area contributed by atoms with E-state index in [1.165, 1.54) is 24.3 Å². The van der Waals surface area contributed by atoms with Crippen LogP contribution in [-0.4, -0.2) is 53.8 Å². The average Bonchev–Trinajstić information content (AvgIpc) is 2.99. The lowest BCUT2D eigenvalue weighted by Gasteiger charge is -2.39. The second-order valence-corrected chi connectivity index (χ2v) is 9.45. The van der Waals surface area contributed by atoms with Gasteiger partial charge in [-0.1, -0.05) is 39.0 Å². The number of aliphatic hydroxyl groups is 1. The van der Waals surface area contributed by atoms with E-state index in [9.17, 15) is 27.8 Å². The largest absolute Gasteiger partial charge is 0.465 e. The molecule has 1 heterocycles. The molecule has 25 heavy (non-hydrogen) atoms. The van der Waals surface area contributed by atoms with Crippen molar-refractivity contribution in [2.45, 2.75) is 49.7 Å². The van der Waals surface area contributed by atoms with Crippen molar-refractivity contribution in [3.05, 3.63) is 30.3 Å². The molecule has 0 aromatic heterocycles. The van der Waals surface area contributed by atoms with Gasteiger partial charge in [-0.2, -0.15) is 0 Å². The zero-order valence-electron chi connectivity index (χ0n) is 14.5. The Kier molecular flexibility index (Phi) is 5.44. The third-order valence-electron chi connectivity index (χ3n) is 4.65. The predicted octanol–water partition coefficient (Wildman–Crippen LogP) is 2.53. The quantitative estimate of drug-likeness (QED) is 0.846. The normalized spacial score (nSPS) is 24.1. The predicted molar refractivity (Wildman–Crippen MR) is 90.6 cm³/mol. The molecule has 1 amide bonds. The summed E-state index contributed by atoms with van der Waals surface area (Å²) in [5.41, 5.74) is -3.09. The number of likely N-dealkylation sites (tertiary alicyclic amines) is 1. The summed E-state index contributed by atoms with van der Waals surface area (Å²) in [6, 6.07) is 6.43. The second kappa shape index (κ2) is 6.92. The number of hydrogen-bond donors (Lipinski definition) is 2. The van der Waals surface area contributed by atoms with E-state index in [1.54, 1.807) is 26.8 Å². The molecule has 4 atom stereocenters. The van der Waals surface area contributed by atoms with E-state index in [-0.39, 0.29) is 17.9 Å². The van der Waals surface area contributed by atoms with Crippen molar-refractivity contribution in [2.75, 3.05) is 6.54 Å². The first kappa shape index (κ1) is 19.7. The Bertz CT molecular complexity index is 716. The lowest BCUT2D eigenvalue weighted by molar-refractivity contribution is 0.0137. The van der Waals surface area contributed by atoms with Crippen LogP contribution in [0, 0.1) is 11.3 Å². The maximum absolute atomic E-state index is 14.8. The van der Waals surface area contributed by atoms with Crippen molar-refractivity contribution in [3.63, 3.8) is 0 Å². The molecule has 0 radical (unpaired) electrons. The zero-order valence-corrected chi connectivity index (χ0v) is 15.3. The minimum absolute atomic E-state index is 0.136. The van der Waals surface area contributed by atoms with Gasteiger partial charge < -0.3 is 15.1 Å². The second-order valence-electron chi connectivity index (χ2n) is 7.44. The highest BCUT2D eigenvalue weighted by Crippen LogP contribution is 2.40. The van der Waals surface area contributed by atoms with Gasteiger partial charge in [0.25, 0.3) is 0 Å². The van der Waals surface area contributed by atoms with Crippen LogP contribution in [0.2, 0.25) is 0 Å². The fourth-order valence-corrected chi connectivity index (χ4v) is 4.98. The summed E-state index contributed by atoms with van der Waals surface area (Å²) in [5, 5.41) is 19.8. The van der Waals surface area contributed by atoms with E-state index in [4.69, 9.17) is 0 Å². The van der Waals surface area contributed by atoms with Crippen molar-refractivity contribution in [2.24, 2.45) is 11.3 Å². The van der Waals surface area contributed by atoms with Crippen LogP contribution in [0.5, 0.6) is 0 Å². The number of sulfone groups is 1. The number of nitrogens with zero attached hydrogens (tertiary/aromatic N) is 1. The number of halogens is 1. The molecule has 1 aromatic carbocycles. The van der Waals surface area contributed by atoms with E-state index in [1.807, 2.05) is 0 Å². The van der Waals surface area contributed by atoms with Gasteiger partial charge in [0.05, 0.1) is 4.90 Å². The van der Waals surface area contributed by atoms with Gasteiger partial charge in [-0.15, -0.1) is 0 Å². The molecule has 1 aliphatic rings. The Hall–Kier alpha value is -1.67. The van der Waals surface area contributed by atoms with Crippen LogP contribution < -0.4 is 0 Å². The molecule has 2 rings (SSSR count). The lowest BCUT2D eigenvalue weighted by atomic mass is 9.77. The molecule has 2 N–H and O–H groups in total. The number of amides is 1. The summed E-state index contributed by atoms with van der Waals surface area (Å²) >= 11 is 0. The van der Waals surface area contributed by atoms with E-state index in [0.29, 0.717) is 0 Å². The molecule has 6 nitrogen and oxygen atoms in total. The van der Waals surface area contributed by atoms with Gasteiger partial charge in [-0.05, 0) is 24.0 Å². The molecule has 0 aliphatic carbocycles. The van der Waals surface area contributed by atoms with E-state index < -0.39 is 44.9 Å². The molecule has 1 saturated heterocycles. The molecule has 1 aromatic rings. The standard InChI is InChI=1S/C17H24FNO5S/c1-17(2,3)14-12(9-10-19(14)16(21)22)13(20)15(18)25(23,24)11-7-5-4-6-8-11/h4-8,12-15,20H,9-10H2,1-3H3,(H,21,22)/t12-,13?,14?,15?/m1/s1. The summed E-state index contributed by atoms with van der Waals surface area (Å²) in [4.78, 5) is 12.4. The van der Waals surface area contributed by atoms with Gasteiger partial charge in [-0.3, -0.25) is 0 Å². The topological polar surface area (TPSA) is 94.9 Å². The number of benzene rings is 1. The summed E-state index contributed by atoms with van der Waals surface area (Å²) in [6.45, 7) is 5.50. The van der Waals surface area contributed by atoms with Crippen LogP contribution in [0.3, 0.4) is 0 Å². The summed E-state index contributed by atoms with van der Waals surface area (Å²) in [6.07, 6.45) is -2.75. The highest BCUT2D eigenvalue weighted by Gasteiger charge is 2.50. The number of carbonyl (C=O) groups is 1. The summed E-state index contributed by atoms with van der Waals surface area (Å²) < 4.78 is 39.7. The van der Waals surface area contributed by atoms with Crippen LogP contribution in [0.1, 0.15) is 27.2 Å². The van der Waals surface area contributed by atoms with Crippen LogP contribution >= 0.6 is 0 Å². The van der Waals surface area contributed by atoms with Gasteiger partial charge >= 0.3 is 6.09 Å². The maximum atomic E-state index is 14.8. The minimum Gasteiger partial charge on any atom is -0.465 e. The van der Waals surface area contributed by atoms with Crippen molar-refractivity contribution in [1.29, 1.82) is 0 Å². The maximum Gasteiger partial charge on any atom is 0.407 e. The first-order chi connectivity index (χ1) is 11.5. The first-order valence-corrected chi connectivity index (χ1v) is 9.63. The zero-order chi connectivity index (χ0) is 19.0. The molecular formula is C17H24FNO5S. The van der Waals surface area contributed by atoms with Gasteiger partial charge in [0.15, 0.2) is 0 Å². The molecule has 1 aliphatic heterocycles. The molecule has 140 valence electrons. The van der Waals surface area contributed by atoms with Crippen LogP contribution in [0.4, 0.5) is 9.18 Å². The van der Waals surface area contributed by atoms with Crippen molar-refractivity contribution in [1.82, 2.24) is 4.90 Å². The van der Waals surface area contributed by atoms with Crippen LogP contribution in [0.25, 0.3) is 0 Å². The Balaban J connectivity index is 2.32. The third kappa shape index (κ3) is 3.79. The Morgan fingerprint density at radius 2 is 1.84 bits per heavy atom. The van der Waals surface area contributed by atoms with E-state index in [0.717, 1.165) is 4.90 Å². The van der Waals surface area contributed by atoms with Gasteiger partial charge in [0.1, 0.15) is 6.10 Å². The SMILES string of the molecule is CC(C)(C)C1[C@@H](C(O)C(F)S(=O)(=O)c2ccccc2)CCN1C(=O)O. The highest BCUT2D eigenvalue weighted by atomic mass is 32.2. The summed E-state index contributed by atoms with van der Waals surface area (Å²) in [5.74, 6) is -0.801. The summed E-state index contributed by atoms with van der Waals surface area (Å²) in [7, 11) is -4.36. The van der Waals surface area contributed by atoms with Crippen LogP contribution in [-0.2, 0) is 9.84 Å². The molecule has 0 spiro atoms. The molecule has 0 bridgehead atoms. The fraction of sp³-hybridized carbons (Fsp3) is 0.588. The molecule has 8 heteroatoms. The van der Waals surface area contributed by atoms with E-state index in [2.05, 4.69) is 0 Å². The number of alkyl halides is 1. The molecule has 1 fully saturated rings. The number of aliphatic hydroxyl groups excluding tert-OH is 1. The molecule has 3 unspecified atom stereocenters. The van der Waals surface area contributed by atoms with Gasteiger partial charge in [0, 0.05) is 18.5 Å². The van der Waals surface area contributed by atoms with Crippen LogP contribution in [0.15, 0.2) is 35.2 Å².